The summed E-state index contributed by atoms with van der Waals surface area (Å²) in [5, 5.41) is 8.16. The van der Waals surface area contributed by atoms with E-state index in [1.165, 1.54) is 103 Å². The van der Waals surface area contributed by atoms with Gasteiger partial charge in [-0.1, -0.05) is 190 Å². The number of rotatable bonds is 24. The van der Waals surface area contributed by atoms with Crippen LogP contribution in [0.1, 0.15) is 174 Å². The monoisotopic (exact) mass is 824 g/mol. The molecule has 9 rings (SSSR count). The summed E-state index contributed by atoms with van der Waals surface area (Å²) < 4.78 is 13.9. The van der Waals surface area contributed by atoms with Gasteiger partial charge in [0.2, 0.25) is 0 Å². The predicted molar refractivity (Wildman–Crippen MR) is 260 cm³/mol. The fourth-order valence-corrected chi connectivity index (χ4v) is 10.7. The van der Waals surface area contributed by atoms with Gasteiger partial charge in [0.15, 0.2) is 11.6 Å². The molecule has 0 fully saturated rings. The Morgan fingerprint density at radius 2 is 0.661 bits per heavy atom. The highest BCUT2D eigenvalue weighted by Gasteiger charge is 2.33. The molecule has 4 heteroatoms. The lowest BCUT2D eigenvalue weighted by Gasteiger charge is -2.28. The summed E-state index contributed by atoms with van der Waals surface area (Å²) in [6.45, 7) is 5.80. The van der Waals surface area contributed by atoms with Gasteiger partial charge in [-0.15, -0.1) is 0 Å². The standard InChI is InChI=1S/C58H64O4/c1-3-5-7-9-11-13-15-17-19-25-35-61-49-37-47-39-27-21-23-29-41(39)57(59)45-34-32-44-54-50(62-36-26-20-18-16-14-12-10-8-6-4-2)38-48-40-28-22-24-30-42(40)58(60)46-33-31-43(56(54)52(46)48)53(49)55(44)51(45)47/h21-24,27-34,37-38H,3-20,25-26,35-36H2,1-2H3. The number of hydrogen-bond donors (Lipinski definition) is 0. The molecule has 0 aromatic heterocycles. The number of benzene rings is 7. The van der Waals surface area contributed by atoms with E-state index < -0.39 is 0 Å². The van der Waals surface area contributed by atoms with E-state index in [2.05, 4.69) is 50.2 Å². The van der Waals surface area contributed by atoms with Crippen LogP contribution in [0.25, 0.3) is 65.3 Å². The van der Waals surface area contributed by atoms with Crippen molar-refractivity contribution in [1.29, 1.82) is 0 Å². The summed E-state index contributed by atoms with van der Waals surface area (Å²) in [6, 6.07) is 28.8. The normalized spacial score (nSPS) is 12.9. The Bertz CT molecular complexity index is 2530. The topological polar surface area (TPSA) is 52.6 Å². The first kappa shape index (κ1) is 42.1. The first-order chi connectivity index (χ1) is 30.6. The first-order valence-corrected chi connectivity index (χ1v) is 24.4. The van der Waals surface area contributed by atoms with Gasteiger partial charge in [0.1, 0.15) is 11.5 Å². The highest BCUT2D eigenvalue weighted by molar-refractivity contribution is 6.43. The summed E-state index contributed by atoms with van der Waals surface area (Å²) in [6.07, 6.45) is 25.3. The molecule has 0 heterocycles. The molecule has 0 saturated heterocycles. The SMILES string of the molecule is CCCCCCCCCCCCOc1cc2c3c(ccc4c5c(OCCCCCCCCCCCC)cc6c7c(ccc(c1c34)c75)C(=O)c1ccccc1-6)C(=O)c1ccccc1-2. The van der Waals surface area contributed by atoms with Crippen molar-refractivity contribution >= 4 is 54.7 Å². The van der Waals surface area contributed by atoms with Gasteiger partial charge in [0, 0.05) is 54.6 Å². The smallest absolute Gasteiger partial charge is 0.194 e. The maximum Gasteiger partial charge on any atom is 0.194 e. The molecule has 0 atom stereocenters. The maximum atomic E-state index is 14.3. The van der Waals surface area contributed by atoms with E-state index in [1.807, 2.05) is 48.5 Å². The van der Waals surface area contributed by atoms with Crippen molar-refractivity contribution in [1.82, 2.24) is 0 Å². The average molecular weight is 825 g/mol. The molecule has 0 N–H and O–H groups in total. The van der Waals surface area contributed by atoms with Crippen LogP contribution in [0.15, 0.2) is 84.9 Å². The molecule has 4 nitrogen and oxygen atoms in total. The molecule has 62 heavy (non-hydrogen) atoms. The number of hydrogen-bond acceptors (Lipinski definition) is 4. The minimum Gasteiger partial charge on any atom is -0.493 e. The molecule has 320 valence electrons. The van der Waals surface area contributed by atoms with E-state index in [4.69, 9.17) is 9.47 Å². The lowest BCUT2D eigenvalue weighted by atomic mass is 9.76. The minimum atomic E-state index is 0.0558. The van der Waals surface area contributed by atoms with Crippen LogP contribution in [0.4, 0.5) is 0 Å². The Kier molecular flexibility index (Phi) is 13.2. The number of carbonyl (C=O) groups is 2. The summed E-state index contributed by atoms with van der Waals surface area (Å²) in [4.78, 5) is 28.6. The second-order valence-electron chi connectivity index (χ2n) is 18.2. The van der Waals surface area contributed by atoms with Gasteiger partial charge in [-0.05, 0) is 70.1 Å². The Labute approximate surface area is 368 Å². The van der Waals surface area contributed by atoms with Crippen LogP contribution in [-0.2, 0) is 0 Å². The van der Waals surface area contributed by atoms with E-state index in [0.29, 0.717) is 13.2 Å². The van der Waals surface area contributed by atoms with Gasteiger partial charge in [0.05, 0.1) is 13.2 Å². The molecule has 7 aromatic carbocycles. The van der Waals surface area contributed by atoms with Crippen LogP contribution >= 0.6 is 0 Å². The Balaban J connectivity index is 1.12. The zero-order valence-electron chi connectivity index (χ0n) is 37.3. The molecule has 2 aliphatic rings. The molecule has 2 aliphatic carbocycles. The van der Waals surface area contributed by atoms with Gasteiger partial charge >= 0.3 is 0 Å². The number of ether oxygens (including phenoxy) is 2. The third-order valence-electron chi connectivity index (χ3n) is 14.0. The highest BCUT2D eigenvalue weighted by Crippen LogP contribution is 2.55. The molecule has 0 unspecified atom stereocenters. The number of fused-ring (bicyclic) bond motifs is 6. The molecular formula is C58H64O4. The van der Waals surface area contributed by atoms with Gasteiger partial charge in [-0.25, -0.2) is 0 Å². The van der Waals surface area contributed by atoms with Crippen molar-refractivity contribution in [2.24, 2.45) is 0 Å². The quantitative estimate of drug-likeness (QED) is 0.0346. The minimum absolute atomic E-state index is 0.0558. The van der Waals surface area contributed by atoms with Crippen molar-refractivity contribution in [3.05, 3.63) is 107 Å². The van der Waals surface area contributed by atoms with Crippen molar-refractivity contribution in [2.75, 3.05) is 13.2 Å². The molecular weight excluding hydrogens is 761 g/mol. The predicted octanol–water partition coefficient (Wildman–Crippen LogP) is 16.8. The molecule has 0 aliphatic heterocycles. The van der Waals surface area contributed by atoms with Crippen molar-refractivity contribution in [3.8, 4) is 33.8 Å². The lowest BCUT2D eigenvalue weighted by Crippen LogP contribution is -2.12. The summed E-state index contributed by atoms with van der Waals surface area (Å²) in [7, 11) is 0. The molecule has 0 amide bonds. The van der Waals surface area contributed by atoms with E-state index in [-0.39, 0.29) is 11.6 Å². The van der Waals surface area contributed by atoms with Crippen molar-refractivity contribution in [3.63, 3.8) is 0 Å². The second-order valence-corrected chi connectivity index (χ2v) is 18.2. The second kappa shape index (κ2) is 19.4. The van der Waals surface area contributed by atoms with Crippen LogP contribution in [0.3, 0.4) is 0 Å². The van der Waals surface area contributed by atoms with Crippen LogP contribution in [0.5, 0.6) is 11.5 Å². The number of unbranched alkanes of at least 4 members (excludes halogenated alkanes) is 18. The number of ketones is 2. The fourth-order valence-electron chi connectivity index (χ4n) is 10.7. The van der Waals surface area contributed by atoms with E-state index in [0.717, 1.165) is 125 Å². The van der Waals surface area contributed by atoms with Gasteiger partial charge in [0.25, 0.3) is 0 Å². The molecule has 0 bridgehead atoms. The lowest BCUT2D eigenvalue weighted by molar-refractivity contribution is 0.103. The zero-order valence-corrected chi connectivity index (χ0v) is 37.3. The molecule has 0 radical (unpaired) electrons. The average Bonchev–Trinajstić information content (AvgIpc) is 3.30. The summed E-state index contributed by atoms with van der Waals surface area (Å²) in [5.74, 6) is 1.79. The number of carbonyl (C=O) groups excluding carboxylic acids is 2. The third-order valence-corrected chi connectivity index (χ3v) is 14.0. The van der Waals surface area contributed by atoms with Gasteiger partial charge in [-0.3, -0.25) is 9.59 Å². The summed E-state index contributed by atoms with van der Waals surface area (Å²) in [5.41, 5.74) is 6.91. The Hall–Kier alpha value is -5.22. The van der Waals surface area contributed by atoms with Crippen molar-refractivity contribution < 1.29 is 19.1 Å². The van der Waals surface area contributed by atoms with Crippen LogP contribution in [-0.4, -0.2) is 24.8 Å². The fraction of sp³-hybridized carbons (Fsp3) is 0.414. The maximum absolute atomic E-state index is 14.3. The third kappa shape index (κ3) is 7.99. The highest BCUT2D eigenvalue weighted by atomic mass is 16.5. The molecule has 0 saturated carbocycles. The Morgan fingerprint density at radius 3 is 1.03 bits per heavy atom. The van der Waals surface area contributed by atoms with E-state index in [9.17, 15) is 9.59 Å². The van der Waals surface area contributed by atoms with E-state index in [1.54, 1.807) is 0 Å². The van der Waals surface area contributed by atoms with Crippen LogP contribution in [0.2, 0.25) is 0 Å². The molecule has 0 spiro atoms. The summed E-state index contributed by atoms with van der Waals surface area (Å²) >= 11 is 0. The van der Waals surface area contributed by atoms with Crippen LogP contribution < -0.4 is 9.47 Å². The van der Waals surface area contributed by atoms with E-state index >= 15 is 0 Å². The van der Waals surface area contributed by atoms with Crippen molar-refractivity contribution in [2.45, 2.75) is 142 Å². The Morgan fingerprint density at radius 1 is 0.323 bits per heavy atom. The van der Waals surface area contributed by atoms with Crippen LogP contribution in [0, 0.1) is 0 Å². The zero-order chi connectivity index (χ0) is 42.4. The molecule has 7 aromatic rings. The van der Waals surface area contributed by atoms with Gasteiger partial charge < -0.3 is 9.47 Å². The van der Waals surface area contributed by atoms with Gasteiger partial charge in [-0.2, -0.15) is 0 Å². The largest absolute Gasteiger partial charge is 0.493 e. The first-order valence-electron chi connectivity index (χ1n) is 24.4.